The highest BCUT2D eigenvalue weighted by Gasteiger charge is 2.30. The van der Waals surface area contributed by atoms with E-state index >= 15 is 0 Å². The second kappa shape index (κ2) is 4.28. The zero-order valence-corrected chi connectivity index (χ0v) is 9.83. The number of nitrogens with zero attached hydrogens (tertiary/aromatic N) is 1. The molecular formula is C10H14N2S2. The Morgan fingerprint density at radius 2 is 2.50 bits per heavy atom. The predicted octanol–water partition coefficient (Wildman–Crippen LogP) is 2.22. The van der Waals surface area contributed by atoms with Gasteiger partial charge in [0.15, 0.2) is 5.11 Å². The van der Waals surface area contributed by atoms with Crippen LogP contribution in [0, 0.1) is 0 Å². The number of rotatable bonds is 3. The van der Waals surface area contributed by atoms with Gasteiger partial charge in [-0.1, -0.05) is 0 Å². The van der Waals surface area contributed by atoms with Crippen molar-refractivity contribution in [2.24, 2.45) is 0 Å². The fourth-order valence-corrected chi connectivity index (χ4v) is 2.35. The van der Waals surface area contributed by atoms with Gasteiger partial charge in [-0.15, -0.1) is 0 Å². The lowest BCUT2D eigenvalue weighted by Crippen LogP contribution is -2.38. The van der Waals surface area contributed by atoms with Gasteiger partial charge in [0, 0.05) is 19.6 Å². The Hall–Kier alpha value is -0.610. The molecule has 1 aromatic heterocycles. The highest BCUT2D eigenvalue weighted by atomic mass is 32.1. The van der Waals surface area contributed by atoms with E-state index in [0.29, 0.717) is 6.04 Å². The molecule has 1 fully saturated rings. The molecule has 76 valence electrons. The molecule has 2 nitrogen and oxygen atoms in total. The molecule has 4 heteroatoms. The van der Waals surface area contributed by atoms with Gasteiger partial charge in [-0.05, 0) is 47.4 Å². The SMILES string of the molecule is CNC(=S)N(Cc1ccsc1)C1CC1. The van der Waals surface area contributed by atoms with Gasteiger partial charge < -0.3 is 10.2 Å². The van der Waals surface area contributed by atoms with Crippen LogP contribution in [0.5, 0.6) is 0 Å². The van der Waals surface area contributed by atoms with Gasteiger partial charge in [0.25, 0.3) is 0 Å². The third-order valence-electron chi connectivity index (χ3n) is 2.40. The molecule has 1 saturated carbocycles. The maximum absolute atomic E-state index is 5.28. The Morgan fingerprint density at radius 3 is 3.00 bits per heavy atom. The summed E-state index contributed by atoms with van der Waals surface area (Å²) in [5, 5.41) is 8.24. The molecule has 1 N–H and O–H groups in total. The highest BCUT2D eigenvalue weighted by Crippen LogP contribution is 2.28. The molecule has 0 radical (unpaired) electrons. The summed E-state index contributed by atoms with van der Waals surface area (Å²) in [6.07, 6.45) is 2.57. The van der Waals surface area contributed by atoms with Crippen molar-refractivity contribution in [1.82, 2.24) is 10.2 Å². The van der Waals surface area contributed by atoms with Crippen LogP contribution in [0.1, 0.15) is 18.4 Å². The van der Waals surface area contributed by atoms with Crippen molar-refractivity contribution in [3.8, 4) is 0 Å². The van der Waals surface area contributed by atoms with Gasteiger partial charge in [0.1, 0.15) is 0 Å². The first kappa shape index (κ1) is 9.93. The van der Waals surface area contributed by atoms with Crippen LogP contribution in [0.25, 0.3) is 0 Å². The maximum atomic E-state index is 5.28. The van der Waals surface area contributed by atoms with Gasteiger partial charge in [0.05, 0.1) is 0 Å². The quantitative estimate of drug-likeness (QED) is 0.796. The standard InChI is InChI=1S/C10H14N2S2/c1-11-10(13)12(9-2-3-9)6-8-4-5-14-7-8/h4-5,7,9H,2-3,6H2,1H3,(H,11,13). The van der Waals surface area contributed by atoms with Gasteiger partial charge >= 0.3 is 0 Å². The molecule has 1 aromatic rings. The molecule has 0 amide bonds. The van der Waals surface area contributed by atoms with Gasteiger partial charge in [0.2, 0.25) is 0 Å². The molecule has 0 saturated heterocycles. The van der Waals surface area contributed by atoms with Crippen molar-refractivity contribution in [3.05, 3.63) is 22.4 Å². The third-order valence-corrected chi connectivity index (χ3v) is 3.57. The summed E-state index contributed by atoms with van der Waals surface area (Å²) in [4.78, 5) is 2.29. The van der Waals surface area contributed by atoms with Crippen molar-refractivity contribution >= 4 is 28.7 Å². The predicted molar refractivity (Wildman–Crippen MR) is 64.5 cm³/mol. The van der Waals surface area contributed by atoms with Crippen molar-refractivity contribution in [1.29, 1.82) is 0 Å². The molecule has 0 spiro atoms. The van der Waals surface area contributed by atoms with Crippen LogP contribution in [0.15, 0.2) is 16.8 Å². The van der Waals surface area contributed by atoms with Crippen LogP contribution in [0.3, 0.4) is 0 Å². The van der Waals surface area contributed by atoms with E-state index in [-0.39, 0.29) is 0 Å². The summed E-state index contributed by atoms with van der Waals surface area (Å²) in [7, 11) is 1.89. The van der Waals surface area contributed by atoms with Crippen LogP contribution in [-0.4, -0.2) is 23.1 Å². The first-order valence-electron chi connectivity index (χ1n) is 4.80. The minimum Gasteiger partial charge on any atom is -0.366 e. The Bertz CT molecular complexity index is 304. The summed E-state index contributed by atoms with van der Waals surface area (Å²) in [6.45, 7) is 0.952. The molecule has 0 unspecified atom stereocenters. The lowest BCUT2D eigenvalue weighted by molar-refractivity contribution is 0.400. The molecule has 1 heterocycles. The van der Waals surface area contributed by atoms with Gasteiger partial charge in [-0.2, -0.15) is 11.3 Å². The lowest BCUT2D eigenvalue weighted by Gasteiger charge is -2.24. The number of hydrogen-bond acceptors (Lipinski definition) is 2. The first-order chi connectivity index (χ1) is 6.81. The van der Waals surface area contributed by atoms with Crippen molar-refractivity contribution in [2.75, 3.05) is 7.05 Å². The summed E-state index contributed by atoms with van der Waals surface area (Å²) in [5.74, 6) is 0. The van der Waals surface area contributed by atoms with Crippen LogP contribution < -0.4 is 5.32 Å². The Morgan fingerprint density at radius 1 is 1.71 bits per heavy atom. The molecular weight excluding hydrogens is 212 g/mol. The summed E-state index contributed by atoms with van der Waals surface area (Å²) in [5.41, 5.74) is 1.36. The van der Waals surface area contributed by atoms with Crippen molar-refractivity contribution in [2.45, 2.75) is 25.4 Å². The molecule has 0 aliphatic heterocycles. The monoisotopic (exact) mass is 226 g/mol. The second-order valence-corrected chi connectivity index (χ2v) is 4.71. The average molecular weight is 226 g/mol. The number of thiocarbonyl (C=S) groups is 1. The Kier molecular flexibility index (Phi) is 3.03. The molecule has 0 atom stereocenters. The van der Waals surface area contributed by atoms with Crippen LogP contribution in [0.2, 0.25) is 0 Å². The minimum absolute atomic E-state index is 0.676. The summed E-state index contributed by atoms with van der Waals surface area (Å²) in [6, 6.07) is 2.84. The maximum Gasteiger partial charge on any atom is 0.169 e. The van der Waals surface area contributed by atoms with E-state index < -0.39 is 0 Å². The largest absolute Gasteiger partial charge is 0.366 e. The topological polar surface area (TPSA) is 15.3 Å². The summed E-state index contributed by atoms with van der Waals surface area (Å²) >= 11 is 7.03. The van der Waals surface area contributed by atoms with Crippen LogP contribution in [0.4, 0.5) is 0 Å². The Balaban J connectivity index is 2.00. The van der Waals surface area contributed by atoms with Gasteiger partial charge in [-0.3, -0.25) is 0 Å². The van der Waals surface area contributed by atoms with E-state index in [4.69, 9.17) is 12.2 Å². The molecule has 14 heavy (non-hydrogen) atoms. The van der Waals surface area contributed by atoms with Crippen molar-refractivity contribution < 1.29 is 0 Å². The van der Waals surface area contributed by atoms with Crippen LogP contribution >= 0.6 is 23.6 Å². The number of nitrogens with one attached hydrogen (secondary N) is 1. The summed E-state index contributed by atoms with van der Waals surface area (Å²) < 4.78 is 0. The molecule has 1 aliphatic carbocycles. The van der Waals surface area contributed by atoms with E-state index in [1.165, 1.54) is 18.4 Å². The number of thiophene rings is 1. The number of hydrogen-bond donors (Lipinski definition) is 1. The normalized spacial score (nSPS) is 15.2. The van der Waals surface area contributed by atoms with E-state index in [0.717, 1.165) is 11.7 Å². The van der Waals surface area contributed by atoms with E-state index in [2.05, 4.69) is 27.0 Å². The lowest BCUT2D eigenvalue weighted by atomic mass is 10.3. The smallest absolute Gasteiger partial charge is 0.169 e. The molecule has 0 bridgehead atoms. The van der Waals surface area contributed by atoms with Crippen LogP contribution in [-0.2, 0) is 6.54 Å². The highest BCUT2D eigenvalue weighted by molar-refractivity contribution is 7.80. The Labute approximate surface area is 93.9 Å². The van der Waals surface area contributed by atoms with Gasteiger partial charge in [-0.25, -0.2) is 0 Å². The van der Waals surface area contributed by atoms with Crippen molar-refractivity contribution in [3.63, 3.8) is 0 Å². The molecule has 0 aromatic carbocycles. The van der Waals surface area contributed by atoms with E-state index in [1.807, 2.05) is 7.05 Å². The first-order valence-corrected chi connectivity index (χ1v) is 6.16. The minimum atomic E-state index is 0.676. The molecule has 1 aliphatic rings. The fourth-order valence-electron chi connectivity index (χ4n) is 1.48. The zero-order valence-electron chi connectivity index (χ0n) is 8.19. The van der Waals surface area contributed by atoms with E-state index in [1.54, 1.807) is 11.3 Å². The molecule has 2 rings (SSSR count). The second-order valence-electron chi connectivity index (χ2n) is 3.55. The average Bonchev–Trinajstić information content (AvgIpc) is 2.92. The fraction of sp³-hybridized carbons (Fsp3) is 0.500. The third kappa shape index (κ3) is 2.25. The van der Waals surface area contributed by atoms with E-state index in [9.17, 15) is 0 Å². The zero-order chi connectivity index (χ0) is 9.97.